The van der Waals surface area contributed by atoms with Gasteiger partial charge in [-0.2, -0.15) is 45.2 Å². The molecule has 5 heteroatoms. The van der Waals surface area contributed by atoms with Gasteiger partial charge in [-0.1, -0.05) is 13.1 Å². The molecule has 0 spiro atoms. The molecule has 24 heavy (non-hydrogen) atoms. The zero-order valence-corrected chi connectivity index (χ0v) is 22.3. The van der Waals surface area contributed by atoms with Gasteiger partial charge in [-0.05, 0) is 0 Å². The van der Waals surface area contributed by atoms with Crippen LogP contribution >= 0.6 is 24.8 Å². The molecular formula is C19H39Cl2NSiZr-7. The molecule has 1 nitrogen and oxygen atoms in total. The van der Waals surface area contributed by atoms with Crippen LogP contribution in [0.4, 0.5) is 0 Å². The van der Waals surface area contributed by atoms with Crippen molar-refractivity contribution < 1.29 is 26.2 Å². The number of aromatic amines is 1. The Morgan fingerprint density at radius 1 is 1.00 bits per heavy atom. The Morgan fingerprint density at radius 3 is 1.50 bits per heavy atom. The molecule has 1 radical (unpaired) electrons. The van der Waals surface area contributed by atoms with Crippen LogP contribution in [0.15, 0.2) is 36.6 Å². The van der Waals surface area contributed by atoms with Gasteiger partial charge in [0.15, 0.2) is 0 Å². The van der Waals surface area contributed by atoms with E-state index < -0.39 is 0 Å². The molecule has 0 amide bonds. The van der Waals surface area contributed by atoms with E-state index in [4.69, 9.17) is 0 Å². The van der Waals surface area contributed by atoms with Gasteiger partial charge in [0, 0.05) is 35.7 Å². The predicted molar refractivity (Wildman–Crippen MR) is 120 cm³/mol. The minimum atomic E-state index is 0. The summed E-state index contributed by atoms with van der Waals surface area (Å²) in [6, 6.07) is 3.71. The van der Waals surface area contributed by atoms with Crippen LogP contribution in [0.3, 0.4) is 0 Å². The second-order valence-corrected chi connectivity index (χ2v) is 5.05. The fraction of sp³-hybridized carbons (Fsp3) is 0.316. The minimum absolute atomic E-state index is 0. The van der Waals surface area contributed by atoms with E-state index in [2.05, 4.69) is 57.2 Å². The van der Waals surface area contributed by atoms with Crippen LogP contribution in [0.2, 0.25) is 13.1 Å². The van der Waals surface area contributed by atoms with Crippen molar-refractivity contribution in [3.63, 3.8) is 0 Å². The zero-order chi connectivity index (χ0) is 13.4. The third-order valence-electron chi connectivity index (χ3n) is 1.03. The van der Waals surface area contributed by atoms with E-state index in [-0.39, 0.29) is 80.7 Å². The summed E-state index contributed by atoms with van der Waals surface area (Å²) >= 11 is 0. The van der Waals surface area contributed by atoms with Crippen LogP contribution in [0.25, 0.3) is 0 Å². The van der Waals surface area contributed by atoms with Crippen LogP contribution in [0.1, 0.15) is 27.2 Å². The number of allylic oxidation sites excluding steroid dienone is 4. The second-order valence-electron chi connectivity index (χ2n) is 3.89. The summed E-state index contributed by atoms with van der Waals surface area (Å²) in [4.78, 5) is 2.74. The van der Waals surface area contributed by atoms with Crippen molar-refractivity contribution in [2.75, 3.05) is 0 Å². The summed E-state index contributed by atoms with van der Waals surface area (Å²) in [6.07, 6.45) is 14.6. The quantitative estimate of drug-likeness (QED) is 0.313. The first-order chi connectivity index (χ1) is 8.15. The Labute approximate surface area is 189 Å². The van der Waals surface area contributed by atoms with Gasteiger partial charge in [-0.3, -0.25) is 6.08 Å². The molecule has 1 aromatic heterocycles. The monoisotopic (exact) mass is 469 g/mol. The average molecular weight is 472 g/mol. The third-order valence-corrected chi connectivity index (χ3v) is 1.03. The number of rotatable bonds is 0. The summed E-state index contributed by atoms with van der Waals surface area (Å²) in [5.74, 6) is 1.42. The smallest absolute Gasteiger partial charge is 0.0213 e. The molecule has 0 aliphatic heterocycles. The molecule has 149 valence electrons. The van der Waals surface area contributed by atoms with Crippen molar-refractivity contribution in [3.05, 3.63) is 84.5 Å². The zero-order valence-electron chi connectivity index (χ0n) is 17.1. The SMILES string of the molecule is C[C-](C)C.C[SiH]C.Cl.Cl.[C-]1=CC=CC1.[CH3-].[CH3-].[CH3-].[CH3-].[Zr].[c-]1ccc[nH]1. The molecule has 1 aliphatic rings. The number of nitrogens with one attached hydrogen (secondary N) is 1. The molecular weight excluding hydrogens is 432 g/mol. The molecule has 0 saturated heterocycles. The molecule has 0 unspecified atom stereocenters. The molecule has 1 N–H and O–H groups in total. The Bertz CT molecular complexity index is 234. The first-order valence-electron chi connectivity index (χ1n) is 5.87. The summed E-state index contributed by atoms with van der Waals surface area (Å²) in [7, 11) is 0.750. The Morgan fingerprint density at radius 2 is 1.42 bits per heavy atom. The Balaban J connectivity index is -0.0000000165. The normalized spacial score (nSPS) is 7.58. The van der Waals surface area contributed by atoms with Crippen molar-refractivity contribution >= 4 is 34.3 Å². The van der Waals surface area contributed by atoms with Crippen LogP contribution in [0, 0.1) is 47.9 Å². The van der Waals surface area contributed by atoms with Crippen molar-refractivity contribution in [2.24, 2.45) is 0 Å². The number of hydrogen-bond donors (Lipinski definition) is 1. The van der Waals surface area contributed by atoms with Gasteiger partial charge >= 0.3 is 0 Å². The standard InChI is InChI=1S/C5H5.C4H4N.C4H9.C2H7Si.4CH3.2ClH.Zr/c2*1-2-4-5-3-1;1-4(2)3;1-3-2;;;;;;;/h1-3H,4H2;1-3,5H;1-3H3;3H,1-2H3;4*1H3;2*1H;/q3*-1;;4*-1;;;. The van der Waals surface area contributed by atoms with E-state index in [9.17, 15) is 0 Å². The molecule has 2 rings (SSSR count). The maximum atomic E-state index is 2.99. The molecule has 1 aliphatic carbocycles. The fourth-order valence-corrected chi connectivity index (χ4v) is 0.581. The molecule has 1 heterocycles. The van der Waals surface area contributed by atoms with E-state index in [1.807, 2.05) is 30.5 Å². The van der Waals surface area contributed by atoms with Gasteiger partial charge in [-0.25, -0.2) is 12.2 Å². The summed E-state index contributed by atoms with van der Waals surface area (Å²) in [5, 5.41) is 0. The Hall–Kier alpha value is 0.440. The van der Waals surface area contributed by atoms with Gasteiger partial charge < -0.3 is 40.6 Å². The fourth-order valence-electron chi connectivity index (χ4n) is 0.581. The molecule has 0 saturated carbocycles. The first kappa shape index (κ1) is 56.3. The van der Waals surface area contributed by atoms with E-state index >= 15 is 0 Å². The molecule has 0 aromatic carbocycles. The van der Waals surface area contributed by atoms with Crippen LogP contribution < -0.4 is 0 Å². The van der Waals surface area contributed by atoms with Crippen LogP contribution in [-0.2, 0) is 26.2 Å². The largest absolute Gasteiger partial charge is 0.484 e. The molecule has 0 fully saturated rings. The van der Waals surface area contributed by atoms with Gasteiger partial charge in [0.25, 0.3) is 0 Å². The van der Waals surface area contributed by atoms with Crippen molar-refractivity contribution in [2.45, 2.75) is 40.3 Å². The number of H-pyrrole nitrogens is 1. The van der Waals surface area contributed by atoms with Gasteiger partial charge in [0.05, 0.1) is 0 Å². The van der Waals surface area contributed by atoms with Crippen molar-refractivity contribution in [3.8, 4) is 0 Å². The van der Waals surface area contributed by atoms with Crippen LogP contribution in [-0.4, -0.2) is 14.5 Å². The topological polar surface area (TPSA) is 15.8 Å². The van der Waals surface area contributed by atoms with E-state index in [1.54, 1.807) is 0 Å². The molecule has 1 aromatic rings. The predicted octanol–water partition coefficient (Wildman–Crippen LogP) is 6.90. The number of hydrogen-bond acceptors (Lipinski definition) is 0. The number of aromatic nitrogens is 1. The maximum Gasteiger partial charge on any atom is 0.0213 e. The molecule has 0 atom stereocenters. The maximum absolute atomic E-state index is 2.99. The van der Waals surface area contributed by atoms with E-state index in [1.165, 1.54) is 5.92 Å². The summed E-state index contributed by atoms with van der Waals surface area (Å²) in [6.45, 7) is 10.7. The first-order valence-corrected chi connectivity index (χ1v) is 8.18. The van der Waals surface area contributed by atoms with Crippen molar-refractivity contribution in [1.82, 2.24) is 4.98 Å². The summed E-state index contributed by atoms with van der Waals surface area (Å²) in [5.41, 5.74) is 0. The van der Waals surface area contributed by atoms with E-state index in [0.29, 0.717) is 0 Å². The van der Waals surface area contributed by atoms with Gasteiger partial charge in [-0.15, -0.1) is 37.4 Å². The third kappa shape index (κ3) is 94.6. The molecule has 0 bridgehead atoms. The summed E-state index contributed by atoms with van der Waals surface area (Å²) < 4.78 is 0. The number of halogens is 2. The second kappa shape index (κ2) is 56.6. The minimum Gasteiger partial charge on any atom is -0.484 e. The average Bonchev–Trinajstić information content (AvgIpc) is 2.98. The van der Waals surface area contributed by atoms with Crippen LogP contribution in [0.5, 0.6) is 0 Å². The van der Waals surface area contributed by atoms with Gasteiger partial charge in [0.2, 0.25) is 0 Å². The Kier molecular flexibility index (Phi) is 133. The van der Waals surface area contributed by atoms with Gasteiger partial charge in [0.1, 0.15) is 0 Å². The van der Waals surface area contributed by atoms with E-state index in [0.717, 1.165) is 15.9 Å². The van der Waals surface area contributed by atoms with Crippen molar-refractivity contribution in [1.29, 1.82) is 0 Å².